The first kappa shape index (κ1) is 22.3. The van der Waals surface area contributed by atoms with E-state index in [4.69, 9.17) is 23.2 Å². The molecule has 3 rings (SSSR count). The van der Waals surface area contributed by atoms with Crippen molar-refractivity contribution < 1.29 is 9.59 Å². The van der Waals surface area contributed by atoms with Crippen molar-refractivity contribution >= 4 is 35.0 Å². The number of hydrogen-bond acceptors (Lipinski definition) is 4. The van der Waals surface area contributed by atoms with E-state index >= 15 is 0 Å². The second-order valence-corrected chi connectivity index (χ2v) is 8.81. The molecule has 2 aliphatic heterocycles. The van der Waals surface area contributed by atoms with Crippen LogP contribution in [0.2, 0.25) is 10.0 Å². The summed E-state index contributed by atoms with van der Waals surface area (Å²) in [5.41, 5.74) is 0.956. The number of carbonyl (C=O) groups is 2. The van der Waals surface area contributed by atoms with Crippen molar-refractivity contribution in [3.8, 4) is 0 Å². The van der Waals surface area contributed by atoms with Crippen molar-refractivity contribution in [3.63, 3.8) is 0 Å². The molecule has 29 heavy (non-hydrogen) atoms. The van der Waals surface area contributed by atoms with Gasteiger partial charge in [-0.15, -0.1) is 0 Å². The number of benzene rings is 1. The lowest BCUT2D eigenvalue weighted by molar-refractivity contribution is -0.132. The Bertz CT molecular complexity index is 725. The van der Waals surface area contributed by atoms with Crippen LogP contribution in [0.25, 0.3) is 0 Å². The molecule has 0 atom stereocenters. The first-order valence-electron chi connectivity index (χ1n) is 10.3. The zero-order valence-electron chi connectivity index (χ0n) is 17.1. The van der Waals surface area contributed by atoms with Gasteiger partial charge in [-0.25, -0.2) is 0 Å². The van der Waals surface area contributed by atoms with Gasteiger partial charge in [0.25, 0.3) is 0 Å². The lowest BCUT2D eigenvalue weighted by Crippen LogP contribution is -2.42. The van der Waals surface area contributed by atoms with Crippen LogP contribution >= 0.6 is 23.2 Å². The third-order valence-corrected chi connectivity index (χ3v) is 6.43. The summed E-state index contributed by atoms with van der Waals surface area (Å²) in [5.74, 6) is 0.325. The van der Waals surface area contributed by atoms with Crippen molar-refractivity contribution in [1.82, 2.24) is 19.6 Å². The normalized spacial score (nSPS) is 18.7. The minimum atomic E-state index is 0.0812. The van der Waals surface area contributed by atoms with Gasteiger partial charge in [0.1, 0.15) is 0 Å². The highest BCUT2D eigenvalue weighted by Crippen LogP contribution is 2.23. The highest BCUT2D eigenvalue weighted by atomic mass is 35.5. The van der Waals surface area contributed by atoms with Crippen LogP contribution < -0.4 is 0 Å². The van der Waals surface area contributed by atoms with E-state index in [9.17, 15) is 9.59 Å². The SMILES string of the molecule is CN(Cc1ccc(Cl)c(Cl)c1)C(=O)CN1CCCN(CC(=O)N2CCCC2)CC1. The summed E-state index contributed by atoms with van der Waals surface area (Å²) in [6.07, 6.45) is 3.21. The molecule has 2 fully saturated rings. The zero-order chi connectivity index (χ0) is 20.8. The van der Waals surface area contributed by atoms with E-state index in [1.54, 1.807) is 17.0 Å². The number of likely N-dealkylation sites (tertiary alicyclic amines) is 1. The fourth-order valence-electron chi connectivity index (χ4n) is 3.91. The summed E-state index contributed by atoms with van der Waals surface area (Å²) >= 11 is 12.0. The van der Waals surface area contributed by atoms with Gasteiger partial charge in [0.15, 0.2) is 0 Å². The number of nitrogens with zero attached hydrogens (tertiary/aromatic N) is 4. The third kappa shape index (κ3) is 6.57. The number of halogens is 2. The maximum Gasteiger partial charge on any atom is 0.236 e. The molecule has 0 bridgehead atoms. The summed E-state index contributed by atoms with van der Waals surface area (Å²) < 4.78 is 0. The van der Waals surface area contributed by atoms with E-state index in [1.807, 2.05) is 18.0 Å². The quantitative estimate of drug-likeness (QED) is 0.681. The molecule has 0 spiro atoms. The van der Waals surface area contributed by atoms with Gasteiger partial charge in [-0.05, 0) is 50.0 Å². The molecule has 1 aromatic carbocycles. The van der Waals surface area contributed by atoms with Gasteiger partial charge >= 0.3 is 0 Å². The molecule has 2 aliphatic rings. The highest BCUT2D eigenvalue weighted by Gasteiger charge is 2.23. The Morgan fingerprint density at radius 3 is 2.21 bits per heavy atom. The maximum absolute atomic E-state index is 12.7. The molecule has 0 aromatic heterocycles. The van der Waals surface area contributed by atoms with Crippen molar-refractivity contribution in [2.75, 3.05) is 59.4 Å². The Hall–Kier alpha value is -1.34. The van der Waals surface area contributed by atoms with Gasteiger partial charge in [-0.2, -0.15) is 0 Å². The molecule has 2 saturated heterocycles. The van der Waals surface area contributed by atoms with Crippen LogP contribution in [0.5, 0.6) is 0 Å². The van der Waals surface area contributed by atoms with Crippen LogP contribution in [0.1, 0.15) is 24.8 Å². The van der Waals surface area contributed by atoms with E-state index in [-0.39, 0.29) is 11.8 Å². The first-order valence-corrected chi connectivity index (χ1v) is 11.1. The molecule has 160 valence electrons. The summed E-state index contributed by atoms with van der Waals surface area (Å²) in [6.45, 7) is 6.61. The molecule has 0 saturated carbocycles. The summed E-state index contributed by atoms with van der Waals surface area (Å²) in [7, 11) is 1.81. The monoisotopic (exact) mass is 440 g/mol. The Kier molecular flexibility index (Phi) is 8.18. The summed E-state index contributed by atoms with van der Waals surface area (Å²) in [5, 5.41) is 1.02. The van der Waals surface area contributed by atoms with E-state index in [0.29, 0.717) is 29.7 Å². The number of carbonyl (C=O) groups excluding carboxylic acids is 2. The molecule has 0 N–H and O–H groups in total. The molecule has 0 radical (unpaired) electrons. The van der Waals surface area contributed by atoms with Crippen molar-refractivity contribution in [2.45, 2.75) is 25.8 Å². The highest BCUT2D eigenvalue weighted by molar-refractivity contribution is 6.42. The standard InChI is InChI=1S/C21H30Cl2N4O2/c1-24(14-17-5-6-18(22)19(23)13-17)20(28)15-25-7-4-8-26(12-11-25)16-21(29)27-9-2-3-10-27/h5-6,13H,2-4,7-12,14-16H2,1H3. The average Bonchev–Trinajstić information content (AvgIpc) is 3.15. The predicted molar refractivity (Wildman–Crippen MR) is 116 cm³/mol. The molecule has 0 unspecified atom stereocenters. The van der Waals surface area contributed by atoms with Gasteiger partial charge in [-0.1, -0.05) is 29.3 Å². The topological polar surface area (TPSA) is 47.1 Å². The van der Waals surface area contributed by atoms with Crippen molar-refractivity contribution in [3.05, 3.63) is 33.8 Å². The fourth-order valence-corrected chi connectivity index (χ4v) is 4.23. The van der Waals surface area contributed by atoms with Gasteiger partial charge in [-0.3, -0.25) is 19.4 Å². The second-order valence-electron chi connectivity index (χ2n) is 7.99. The van der Waals surface area contributed by atoms with Gasteiger partial charge in [0.05, 0.1) is 23.1 Å². The predicted octanol–water partition coefficient (Wildman–Crippen LogP) is 2.58. The minimum Gasteiger partial charge on any atom is -0.342 e. The molecule has 0 aliphatic carbocycles. The summed E-state index contributed by atoms with van der Waals surface area (Å²) in [6, 6.07) is 5.44. The van der Waals surface area contributed by atoms with Gasteiger partial charge in [0.2, 0.25) is 11.8 Å². The molecular formula is C21H30Cl2N4O2. The summed E-state index contributed by atoms with van der Waals surface area (Å²) in [4.78, 5) is 33.2. The van der Waals surface area contributed by atoms with Crippen molar-refractivity contribution in [1.29, 1.82) is 0 Å². The van der Waals surface area contributed by atoms with E-state index in [0.717, 1.165) is 64.1 Å². The Labute approximate surface area is 183 Å². The molecule has 6 nitrogen and oxygen atoms in total. The smallest absolute Gasteiger partial charge is 0.236 e. The molecule has 2 heterocycles. The lowest BCUT2D eigenvalue weighted by Gasteiger charge is -2.25. The van der Waals surface area contributed by atoms with Crippen LogP contribution in [0.3, 0.4) is 0 Å². The van der Waals surface area contributed by atoms with Crippen LogP contribution in [0.4, 0.5) is 0 Å². The maximum atomic E-state index is 12.7. The number of likely N-dealkylation sites (N-methyl/N-ethyl adjacent to an activating group) is 1. The minimum absolute atomic E-state index is 0.0812. The van der Waals surface area contributed by atoms with E-state index in [1.165, 1.54) is 0 Å². The molecule has 1 aromatic rings. The zero-order valence-corrected chi connectivity index (χ0v) is 18.6. The van der Waals surface area contributed by atoms with Crippen LogP contribution in [-0.4, -0.2) is 90.8 Å². The van der Waals surface area contributed by atoms with Gasteiger partial charge < -0.3 is 9.80 Å². The third-order valence-electron chi connectivity index (χ3n) is 5.69. The Morgan fingerprint density at radius 1 is 0.897 bits per heavy atom. The van der Waals surface area contributed by atoms with Crippen LogP contribution in [0, 0.1) is 0 Å². The number of hydrogen-bond donors (Lipinski definition) is 0. The lowest BCUT2D eigenvalue weighted by atomic mass is 10.2. The van der Waals surface area contributed by atoms with E-state index in [2.05, 4.69) is 9.80 Å². The van der Waals surface area contributed by atoms with Crippen LogP contribution in [0.15, 0.2) is 18.2 Å². The number of amides is 2. The van der Waals surface area contributed by atoms with E-state index < -0.39 is 0 Å². The Balaban J connectivity index is 1.44. The second kappa shape index (κ2) is 10.6. The number of rotatable bonds is 6. The first-order chi connectivity index (χ1) is 13.9. The van der Waals surface area contributed by atoms with Crippen LogP contribution in [-0.2, 0) is 16.1 Å². The molecule has 8 heteroatoms. The van der Waals surface area contributed by atoms with Crippen molar-refractivity contribution in [2.24, 2.45) is 0 Å². The molecular weight excluding hydrogens is 411 g/mol. The largest absolute Gasteiger partial charge is 0.342 e. The average molecular weight is 441 g/mol. The fraction of sp³-hybridized carbons (Fsp3) is 0.619. The Morgan fingerprint density at radius 2 is 1.55 bits per heavy atom. The molecule has 2 amide bonds. The van der Waals surface area contributed by atoms with Gasteiger partial charge in [0, 0.05) is 39.8 Å².